The summed E-state index contributed by atoms with van der Waals surface area (Å²) in [4.78, 5) is 23.6. The summed E-state index contributed by atoms with van der Waals surface area (Å²) < 4.78 is 32.7. The van der Waals surface area contributed by atoms with Gasteiger partial charge >= 0.3 is 5.97 Å². The molecule has 0 aliphatic carbocycles. The van der Waals surface area contributed by atoms with Crippen molar-refractivity contribution in [1.29, 1.82) is 0 Å². The molecule has 150 valence electrons. The third-order valence-corrected chi connectivity index (χ3v) is 5.97. The van der Waals surface area contributed by atoms with Crippen molar-refractivity contribution in [2.24, 2.45) is 0 Å². The average molecular weight is 468 g/mol. The van der Waals surface area contributed by atoms with Crippen LogP contribution in [0.25, 0.3) is 0 Å². The lowest BCUT2D eigenvalue weighted by molar-refractivity contribution is -0.143. The van der Waals surface area contributed by atoms with Crippen LogP contribution in [0.2, 0.25) is 0 Å². The number of Topliss-reactive ketones (excluding diaryl/α,β-unsaturated/α-hetero) is 1. The smallest absolute Gasteiger partial charge is 0.306 e. The summed E-state index contributed by atoms with van der Waals surface area (Å²) in [6, 6.07) is 13.3. The van der Waals surface area contributed by atoms with E-state index in [1.54, 1.807) is 43.3 Å². The molecule has 0 saturated carbocycles. The van der Waals surface area contributed by atoms with Gasteiger partial charge in [0.25, 0.3) is 0 Å². The van der Waals surface area contributed by atoms with Gasteiger partial charge in [-0.3, -0.25) is 9.59 Å². The molecule has 0 aliphatic rings. The zero-order valence-electron chi connectivity index (χ0n) is 15.5. The molecule has 0 atom stereocenters. The number of ketones is 1. The monoisotopic (exact) mass is 467 g/mol. The first-order chi connectivity index (χ1) is 13.3. The molecule has 0 spiro atoms. The molecule has 0 aliphatic heterocycles. The lowest BCUT2D eigenvalue weighted by Crippen LogP contribution is -2.25. The number of sulfonamides is 1. The fourth-order valence-corrected chi connectivity index (χ4v) is 3.77. The van der Waals surface area contributed by atoms with Gasteiger partial charge in [0.1, 0.15) is 0 Å². The van der Waals surface area contributed by atoms with Crippen molar-refractivity contribution in [3.05, 3.63) is 64.1 Å². The van der Waals surface area contributed by atoms with E-state index in [0.29, 0.717) is 18.6 Å². The highest BCUT2D eigenvalue weighted by atomic mass is 79.9. The number of halogens is 1. The number of carbonyl (C=O) groups excluding carboxylic acids is 2. The normalized spacial score (nSPS) is 11.2. The molecular weight excluding hydrogens is 446 g/mol. The van der Waals surface area contributed by atoms with Gasteiger partial charge in [-0.05, 0) is 43.2 Å². The van der Waals surface area contributed by atoms with E-state index in [9.17, 15) is 18.0 Å². The molecule has 2 aromatic rings. The minimum atomic E-state index is -3.56. The standard InChI is InChI=1S/C20H22BrNO5S/c1-2-27-20(24)12-11-19(23)16-5-3-15(4-6-16)13-14-22-28(25,26)18-9-7-17(21)8-10-18/h3-10,22H,2,11-14H2,1H3. The summed E-state index contributed by atoms with van der Waals surface area (Å²) in [5, 5.41) is 0. The molecular formula is C20H22BrNO5S. The van der Waals surface area contributed by atoms with Crippen molar-refractivity contribution < 1.29 is 22.7 Å². The first kappa shape index (κ1) is 22.3. The number of rotatable bonds is 10. The summed E-state index contributed by atoms with van der Waals surface area (Å²) in [6.45, 7) is 2.26. The lowest BCUT2D eigenvalue weighted by atomic mass is 10.0. The van der Waals surface area contributed by atoms with E-state index in [1.165, 1.54) is 12.1 Å². The summed E-state index contributed by atoms with van der Waals surface area (Å²) in [6.07, 6.45) is 0.657. The van der Waals surface area contributed by atoms with E-state index in [4.69, 9.17) is 4.74 Å². The van der Waals surface area contributed by atoms with Gasteiger partial charge in [0.2, 0.25) is 10.0 Å². The van der Waals surface area contributed by atoms with Gasteiger partial charge < -0.3 is 4.74 Å². The van der Waals surface area contributed by atoms with Crippen LogP contribution in [0.5, 0.6) is 0 Å². The van der Waals surface area contributed by atoms with Crippen molar-refractivity contribution in [2.75, 3.05) is 13.2 Å². The van der Waals surface area contributed by atoms with Crippen LogP contribution in [0.1, 0.15) is 35.7 Å². The van der Waals surface area contributed by atoms with Gasteiger partial charge in [0.05, 0.1) is 17.9 Å². The van der Waals surface area contributed by atoms with E-state index in [2.05, 4.69) is 20.7 Å². The quantitative estimate of drug-likeness (QED) is 0.426. The Balaban J connectivity index is 1.84. The molecule has 0 fully saturated rings. The highest BCUT2D eigenvalue weighted by Gasteiger charge is 2.13. The molecule has 0 unspecified atom stereocenters. The highest BCUT2D eigenvalue weighted by Crippen LogP contribution is 2.15. The fourth-order valence-electron chi connectivity index (χ4n) is 2.48. The van der Waals surface area contributed by atoms with E-state index in [0.717, 1.165) is 10.0 Å². The number of carbonyl (C=O) groups is 2. The Morgan fingerprint density at radius 3 is 2.25 bits per heavy atom. The molecule has 1 N–H and O–H groups in total. The molecule has 0 aromatic heterocycles. The molecule has 28 heavy (non-hydrogen) atoms. The second kappa shape index (κ2) is 10.5. The Morgan fingerprint density at radius 1 is 1.00 bits per heavy atom. The largest absolute Gasteiger partial charge is 0.466 e. The van der Waals surface area contributed by atoms with Crippen molar-refractivity contribution in [2.45, 2.75) is 31.1 Å². The van der Waals surface area contributed by atoms with E-state index < -0.39 is 10.0 Å². The molecule has 2 rings (SSSR count). The summed E-state index contributed by atoms with van der Waals surface area (Å²) in [5.74, 6) is -0.513. The average Bonchev–Trinajstić information content (AvgIpc) is 2.67. The fraction of sp³-hybridized carbons (Fsp3) is 0.300. The minimum absolute atomic E-state index is 0.0618. The Bertz CT molecular complexity index is 909. The first-order valence-corrected chi connectivity index (χ1v) is 11.1. The lowest BCUT2D eigenvalue weighted by Gasteiger charge is -2.08. The van der Waals surface area contributed by atoms with E-state index in [-0.39, 0.29) is 36.0 Å². The van der Waals surface area contributed by atoms with Crippen LogP contribution < -0.4 is 4.72 Å². The van der Waals surface area contributed by atoms with Crippen molar-refractivity contribution >= 4 is 37.7 Å². The van der Waals surface area contributed by atoms with Crippen LogP contribution in [-0.2, 0) is 26.0 Å². The predicted octanol–water partition coefficient (Wildman–Crippen LogP) is 3.50. The number of esters is 1. The van der Waals surface area contributed by atoms with Crippen LogP contribution in [0.3, 0.4) is 0 Å². The number of hydrogen-bond donors (Lipinski definition) is 1. The maximum atomic E-state index is 12.2. The van der Waals surface area contributed by atoms with Crippen LogP contribution in [-0.4, -0.2) is 33.3 Å². The first-order valence-electron chi connectivity index (χ1n) is 8.85. The van der Waals surface area contributed by atoms with Crippen molar-refractivity contribution in [1.82, 2.24) is 4.72 Å². The molecule has 6 nitrogen and oxygen atoms in total. The molecule has 0 amide bonds. The molecule has 0 radical (unpaired) electrons. The molecule has 0 saturated heterocycles. The third-order valence-electron chi connectivity index (χ3n) is 3.97. The van der Waals surface area contributed by atoms with Crippen LogP contribution >= 0.6 is 15.9 Å². The number of hydrogen-bond acceptors (Lipinski definition) is 5. The molecule has 0 heterocycles. The highest BCUT2D eigenvalue weighted by molar-refractivity contribution is 9.10. The summed E-state index contributed by atoms with van der Waals surface area (Å²) >= 11 is 3.27. The molecule has 8 heteroatoms. The SMILES string of the molecule is CCOC(=O)CCC(=O)c1ccc(CCNS(=O)(=O)c2ccc(Br)cc2)cc1. The van der Waals surface area contributed by atoms with Crippen molar-refractivity contribution in [3.63, 3.8) is 0 Å². The Morgan fingerprint density at radius 2 is 1.64 bits per heavy atom. The Kier molecular flexibility index (Phi) is 8.35. The number of ether oxygens (including phenoxy) is 1. The van der Waals surface area contributed by atoms with Gasteiger partial charge in [0.15, 0.2) is 5.78 Å². The summed E-state index contributed by atoms with van der Waals surface area (Å²) in [5.41, 5.74) is 1.42. The maximum Gasteiger partial charge on any atom is 0.306 e. The van der Waals surface area contributed by atoms with Crippen LogP contribution in [0.15, 0.2) is 57.9 Å². The van der Waals surface area contributed by atoms with Gasteiger partial charge in [0, 0.05) is 23.0 Å². The Hall–Kier alpha value is -2.03. The minimum Gasteiger partial charge on any atom is -0.466 e. The van der Waals surface area contributed by atoms with Crippen LogP contribution in [0, 0.1) is 0 Å². The predicted molar refractivity (Wildman–Crippen MR) is 110 cm³/mol. The van der Waals surface area contributed by atoms with Gasteiger partial charge in [-0.25, -0.2) is 13.1 Å². The topological polar surface area (TPSA) is 89.5 Å². The number of benzene rings is 2. The van der Waals surface area contributed by atoms with Crippen molar-refractivity contribution in [3.8, 4) is 0 Å². The summed E-state index contributed by atoms with van der Waals surface area (Å²) in [7, 11) is -3.56. The maximum absolute atomic E-state index is 12.2. The van der Waals surface area contributed by atoms with Gasteiger partial charge in [-0.2, -0.15) is 0 Å². The van der Waals surface area contributed by atoms with E-state index >= 15 is 0 Å². The van der Waals surface area contributed by atoms with Crippen LogP contribution in [0.4, 0.5) is 0 Å². The second-order valence-corrected chi connectivity index (χ2v) is 8.71. The second-order valence-electron chi connectivity index (χ2n) is 6.03. The Labute approximate surface area is 173 Å². The molecule has 0 bridgehead atoms. The zero-order chi connectivity index (χ0) is 20.6. The zero-order valence-corrected chi connectivity index (χ0v) is 17.9. The number of nitrogens with one attached hydrogen (secondary N) is 1. The van der Waals surface area contributed by atoms with Gasteiger partial charge in [-0.1, -0.05) is 40.2 Å². The van der Waals surface area contributed by atoms with Gasteiger partial charge in [-0.15, -0.1) is 0 Å². The molecule has 2 aromatic carbocycles. The third kappa shape index (κ3) is 6.85. The van der Waals surface area contributed by atoms with E-state index in [1.807, 2.05) is 0 Å².